The van der Waals surface area contributed by atoms with Crippen LogP contribution >= 0.6 is 0 Å². The second-order valence-electron chi connectivity index (χ2n) is 4.85. The molecule has 3 heteroatoms. The molecule has 2 heterocycles. The molecule has 1 aromatic carbocycles. The summed E-state index contributed by atoms with van der Waals surface area (Å²) in [7, 11) is 0. The SMILES string of the molecule is Cc1cccc(-c2nc(C)c3c(n2)CNCC3)c1. The van der Waals surface area contributed by atoms with Crippen molar-refractivity contribution in [3.8, 4) is 11.4 Å². The number of nitrogens with one attached hydrogen (secondary N) is 1. The first-order valence-electron chi connectivity index (χ1n) is 6.38. The summed E-state index contributed by atoms with van der Waals surface area (Å²) < 4.78 is 0. The summed E-state index contributed by atoms with van der Waals surface area (Å²) in [4.78, 5) is 9.37. The van der Waals surface area contributed by atoms with Crippen LogP contribution in [0.15, 0.2) is 24.3 Å². The van der Waals surface area contributed by atoms with Gasteiger partial charge in [-0.05, 0) is 38.4 Å². The van der Waals surface area contributed by atoms with Crippen molar-refractivity contribution in [2.75, 3.05) is 6.54 Å². The van der Waals surface area contributed by atoms with Crippen molar-refractivity contribution in [3.63, 3.8) is 0 Å². The van der Waals surface area contributed by atoms with Gasteiger partial charge in [0.1, 0.15) is 0 Å². The molecule has 2 aromatic rings. The minimum absolute atomic E-state index is 0.846. The van der Waals surface area contributed by atoms with Crippen LogP contribution in [0, 0.1) is 13.8 Å². The molecule has 0 fully saturated rings. The Morgan fingerprint density at radius 3 is 2.89 bits per heavy atom. The predicted molar refractivity (Wildman–Crippen MR) is 72.4 cm³/mol. The number of benzene rings is 1. The average Bonchev–Trinajstić information content (AvgIpc) is 2.39. The molecule has 1 aromatic heterocycles. The molecule has 0 spiro atoms. The number of hydrogen-bond donors (Lipinski definition) is 1. The molecule has 1 N–H and O–H groups in total. The van der Waals surface area contributed by atoms with Crippen LogP contribution in [-0.2, 0) is 13.0 Å². The standard InChI is InChI=1S/C15H17N3/c1-10-4-3-5-12(8-10)15-17-11(2)13-6-7-16-9-14(13)18-15/h3-5,8,16H,6-7,9H2,1-2H3. The van der Waals surface area contributed by atoms with Crippen LogP contribution in [0.25, 0.3) is 11.4 Å². The smallest absolute Gasteiger partial charge is 0.159 e. The maximum atomic E-state index is 4.71. The largest absolute Gasteiger partial charge is 0.311 e. The number of rotatable bonds is 1. The summed E-state index contributed by atoms with van der Waals surface area (Å²) in [5, 5.41) is 3.37. The van der Waals surface area contributed by atoms with Crippen molar-refractivity contribution >= 4 is 0 Å². The molecule has 0 saturated heterocycles. The predicted octanol–water partition coefficient (Wildman–Crippen LogP) is 2.41. The Kier molecular flexibility index (Phi) is 2.84. The van der Waals surface area contributed by atoms with Gasteiger partial charge in [0.15, 0.2) is 5.82 Å². The van der Waals surface area contributed by atoms with E-state index in [1.165, 1.54) is 11.1 Å². The molecule has 0 amide bonds. The molecule has 18 heavy (non-hydrogen) atoms. The normalized spacial score (nSPS) is 14.3. The van der Waals surface area contributed by atoms with Crippen LogP contribution in [0.1, 0.15) is 22.5 Å². The third-order valence-electron chi connectivity index (χ3n) is 3.42. The van der Waals surface area contributed by atoms with Gasteiger partial charge in [0.2, 0.25) is 0 Å². The second-order valence-corrected chi connectivity index (χ2v) is 4.85. The van der Waals surface area contributed by atoms with Crippen LogP contribution in [0.5, 0.6) is 0 Å². The molecule has 0 aliphatic carbocycles. The summed E-state index contributed by atoms with van der Waals surface area (Å²) >= 11 is 0. The number of aryl methyl sites for hydroxylation is 2. The highest BCUT2D eigenvalue weighted by Gasteiger charge is 2.15. The highest BCUT2D eigenvalue weighted by molar-refractivity contribution is 5.57. The molecule has 3 rings (SSSR count). The van der Waals surface area contributed by atoms with E-state index in [-0.39, 0.29) is 0 Å². The lowest BCUT2D eigenvalue weighted by molar-refractivity contribution is 0.620. The molecule has 1 aliphatic heterocycles. The van der Waals surface area contributed by atoms with Gasteiger partial charge < -0.3 is 5.32 Å². The van der Waals surface area contributed by atoms with Gasteiger partial charge >= 0.3 is 0 Å². The topological polar surface area (TPSA) is 37.8 Å². The van der Waals surface area contributed by atoms with Crippen molar-refractivity contribution < 1.29 is 0 Å². The van der Waals surface area contributed by atoms with E-state index in [0.717, 1.165) is 42.3 Å². The molecule has 0 saturated carbocycles. The summed E-state index contributed by atoms with van der Waals surface area (Å²) in [6.45, 7) is 6.07. The minimum Gasteiger partial charge on any atom is -0.311 e. The minimum atomic E-state index is 0.846. The van der Waals surface area contributed by atoms with E-state index in [9.17, 15) is 0 Å². The highest BCUT2D eigenvalue weighted by Crippen LogP contribution is 2.21. The van der Waals surface area contributed by atoms with Gasteiger partial charge in [0.25, 0.3) is 0 Å². The number of nitrogens with zero attached hydrogens (tertiary/aromatic N) is 2. The fraction of sp³-hybridized carbons (Fsp3) is 0.333. The quantitative estimate of drug-likeness (QED) is 0.830. The Hall–Kier alpha value is -1.74. The Balaban J connectivity index is 2.11. The molecule has 1 aliphatic rings. The van der Waals surface area contributed by atoms with E-state index in [1.807, 2.05) is 0 Å². The highest BCUT2D eigenvalue weighted by atomic mass is 15.0. The van der Waals surface area contributed by atoms with Gasteiger partial charge in [-0.2, -0.15) is 0 Å². The number of hydrogen-bond acceptors (Lipinski definition) is 3. The van der Waals surface area contributed by atoms with E-state index in [1.54, 1.807) is 0 Å². The van der Waals surface area contributed by atoms with Gasteiger partial charge in [-0.1, -0.05) is 23.8 Å². The van der Waals surface area contributed by atoms with Crippen molar-refractivity contribution in [2.45, 2.75) is 26.8 Å². The fourth-order valence-electron chi connectivity index (χ4n) is 2.46. The van der Waals surface area contributed by atoms with Gasteiger partial charge in [0, 0.05) is 17.8 Å². The zero-order chi connectivity index (χ0) is 12.5. The average molecular weight is 239 g/mol. The second kappa shape index (κ2) is 4.50. The fourth-order valence-corrected chi connectivity index (χ4v) is 2.46. The molecule has 3 nitrogen and oxygen atoms in total. The summed E-state index contributed by atoms with van der Waals surface area (Å²) in [6, 6.07) is 8.36. The van der Waals surface area contributed by atoms with Gasteiger partial charge in [0.05, 0.1) is 5.69 Å². The molecule has 0 radical (unpaired) electrons. The lowest BCUT2D eigenvalue weighted by Gasteiger charge is -2.18. The van der Waals surface area contributed by atoms with Crippen LogP contribution in [0.2, 0.25) is 0 Å². The van der Waals surface area contributed by atoms with Crippen molar-refractivity contribution in [2.24, 2.45) is 0 Å². The molecule has 0 bridgehead atoms. The summed E-state index contributed by atoms with van der Waals surface area (Å²) in [5.74, 6) is 0.846. The van der Waals surface area contributed by atoms with Crippen molar-refractivity contribution in [3.05, 3.63) is 46.8 Å². The van der Waals surface area contributed by atoms with Crippen LogP contribution in [0.4, 0.5) is 0 Å². The molecule has 0 unspecified atom stereocenters. The maximum absolute atomic E-state index is 4.71. The van der Waals surface area contributed by atoms with Gasteiger partial charge in [-0.25, -0.2) is 9.97 Å². The zero-order valence-corrected chi connectivity index (χ0v) is 10.8. The van der Waals surface area contributed by atoms with Gasteiger partial charge in [-0.3, -0.25) is 0 Å². The van der Waals surface area contributed by atoms with Crippen LogP contribution < -0.4 is 5.32 Å². The molecular formula is C15H17N3. The van der Waals surface area contributed by atoms with Gasteiger partial charge in [-0.15, -0.1) is 0 Å². The van der Waals surface area contributed by atoms with E-state index >= 15 is 0 Å². The molecule has 0 atom stereocenters. The number of fused-ring (bicyclic) bond motifs is 1. The van der Waals surface area contributed by atoms with Crippen molar-refractivity contribution in [1.82, 2.24) is 15.3 Å². The Labute approximate surface area is 107 Å². The molecule has 92 valence electrons. The Bertz CT molecular complexity index is 590. The van der Waals surface area contributed by atoms with E-state index < -0.39 is 0 Å². The summed E-state index contributed by atoms with van der Waals surface area (Å²) in [6.07, 6.45) is 1.04. The van der Waals surface area contributed by atoms with E-state index in [2.05, 4.69) is 48.4 Å². The third kappa shape index (κ3) is 2.02. The maximum Gasteiger partial charge on any atom is 0.159 e. The first-order valence-corrected chi connectivity index (χ1v) is 6.38. The monoisotopic (exact) mass is 239 g/mol. The Morgan fingerprint density at radius 1 is 1.17 bits per heavy atom. The molecular weight excluding hydrogens is 222 g/mol. The lowest BCUT2D eigenvalue weighted by atomic mass is 10.0. The third-order valence-corrected chi connectivity index (χ3v) is 3.42. The number of aromatic nitrogens is 2. The van der Waals surface area contributed by atoms with E-state index in [4.69, 9.17) is 4.98 Å². The van der Waals surface area contributed by atoms with Crippen molar-refractivity contribution in [1.29, 1.82) is 0 Å². The lowest BCUT2D eigenvalue weighted by Crippen LogP contribution is -2.26. The van der Waals surface area contributed by atoms with Crippen LogP contribution in [0.3, 0.4) is 0 Å². The van der Waals surface area contributed by atoms with E-state index in [0.29, 0.717) is 0 Å². The van der Waals surface area contributed by atoms with Crippen LogP contribution in [-0.4, -0.2) is 16.5 Å². The Morgan fingerprint density at radius 2 is 2.06 bits per heavy atom. The first kappa shape index (κ1) is 11.4. The zero-order valence-electron chi connectivity index (χ0n) is 10.8. The summed E-state index contributed by atoms with van der Waals surface area (Å²) in [5.41, 5.74) is 5.95. The first-order chi connectivity index (χ1) is 8.74.